The second-order valence-electron chi connectivity index (χ2n) is 5.31. The number of hydrogen-bond donors (Lipinski definition) is 1. The number of nitrogens with one attached hydrogen (secondary N) is 1. The minimum absolute atomic E-state index is 0.0675. The van der Waals surface area contributed by atoms with Crippen molar-refractivity contribution in [2.75, 3.05) is 25.0 Å². The van der Waals surface area contributed by atoms with Gasteiger partial charge < -0.3 is 10.2 Å². The van der Waals surface area contributed by atoms with Crippen LogP contribution in [0.4, 0.5) is 14.5 Å². The Balaban J connectivity index is 2.23. The second kappa shape index (κ2) is 6.64. The van der Waals surface area contributed by atoms with Crippen molar-refractivity contribution in [1.82, 2.24) is 4.90 Å². The van der Waals surface area contributed by atoms with E-state index in [4.69, 9.17) is 0 Å². The number of amides is 1. The van der Waals surface area contributed by atoms with Crippen molar-refractivity contribution in [1.29, 1.82) is 0 Å². The van der Waals surface area contributed by atoms with Gasteiger partial charge in [0.15, 0.2) is 0 Å². The molecule has 1 fully saturated rings. The molecule has 1 amide bonds. The van der Waals surface area contributed by atoms with Crippen LogP contribution in [0, 0.1) is 11.6 Å². The van der Waals surface area contributed by atoms with Crippen LogP contribution in [0.3, 0.4) is 0 Å². The van der Waals surface area contributed by atoms with E-state index in [1.54, 1.807) is 11.8 Å². The number of hydrogen-bond acceptors (Lipinski definition) is 3. The Labute approximate surface area is 128 Å². The van der Waals surface area contributed by atoms with Gasteiger partial charge in [0.25, 0.3) is 5.91 Å². The number of carbonyl (C=O) groups excluding carboxylic acids is 1. The smallest absolute Gasteiger partial charge is 0.254 e. The van der Waals surface area contributed by atoms with Gasteiger partial charge in [-0.25, -0.2) is 8.78 Å². The van der Waals surface area contributed by atoms with Crippen molar-refractivity contribution in [2.45, 2.75) is 31.3 Å². The molecule has 2 rings (SSSR count). The monoisotopic (exact) mass is 314 g/mol. The molecule has 1 aliphatic rings. The van der Waals surface area contributed by atoms with E-state index in [1.807, 2.05) is 11.8 Å². The third-order valence-electron chi connectivity index (χ3n) is 3.35. The first-order valence-corrected chi connectivity index (χ1v) is 8.04. The molecule has 3 nitrogen and oxygen atoms in total. The van der Waals surface area contributed by atoms with Crippen LogP contribution < -0.4 is 5.32 Å². The van der Waals surface area contributed by atoms with Crippen molar-refractivity contribution in [3.63, 3.8) is 0 Å². The summed E-state index contributed by atoms with van der Waals surface area (Å²) in [7, 11) is 0. The highest BCUT2D eigenvalue weighted by Crippen LogP contribution is 2.27. The van der Waals surface area contributed by atoms with E-state index in [-0.39, 0.29) is 17.2 Å². The van der Waals surface area contributed by atoms with Gasteiger partial charge in [-0.3, -0.25) is 4.79 Å². The molecule has 0 aliphatic carbocycles. The summed E-state index contributed by atoms with van der Waals surface area (Å²) in [6.07, 6.45) is 0. The molecule has 1 aliphatic heterocycles. The molecule has 0 radical (unpaired) electrons. The lowest BCUT2D eigenvalue weighted by Gasteiger charge is -2.34. The maximum Gasteiger partial charge on any atom is 0.254 e. The van der Waals surface area contributed by atoms with E-state index < -0.39 is 11.6 Å². The third-order valence-corrected chi connectivity index (χ3v) is 4.58. The lowest BCUT2D eigenvalue weighted by molar-refractivity contribution is 0.0752. The van der Waals surface area contributed by atoms with Gasteiger partial charge in [-0.2, -0.15) is 11.8 Å². The Hall–Kier alpha value is -1.30. The summed E-state index contributed by atoms with van der Waals surface area (Å²) in [6.45, 7) is 7.48. The molecule has 0 aromatic heterocycles. The quantitative estimate of drug-likeness (QED) is 0.928. The molecule has 6 heteroatoms. The fraction of sp³-hybridized carbons (Fsp3) is 0.533. The van der Waals surface area contributed by atoms with Crippen molar-refractivity contribution in [3.05, 3.63) is 29.3 Å². The number of halogens is 2. The van der Waals surface area contributed by atoms with Gasteiger partial charge in [-0.1, -0.05) is 13.8 Å². The van der Waals surface area contributed by atoms with E-state index in [2.05, 4.69) is 19.2 Å². The SMILES string of the molecule is CCNc1c(F)cc(C(=O)N2CC(C)SC(C)C2)cc1F. The van der Waals surface area contributed by atoms with Gasteiger partial charge in [0.1, 0.15) is 17.3 Å². The Kier molecular flexibility index (Phi) is 5.08. The topological polar surface area (TPSA) is 32.3 Å². The molecule has 116 valence electrons. The van der Waals surface area contributed by atoms with Gasteiger partial charge >= 0.3 is 0 Å². The summed E-state index contributed by atoms with van der Waals surface area (Å²) < 4.78 is 27.8. The van der Waals surface area contributed by atoms with E-state index in [0.29, 0.717) is 30.1 Å². The van der Waals surface area contributed by atoms with E-state index in [0.717, 1.165) is 12.1 Å². The largest absolute Gasteiger partial charge is 0.381 e. The summed E-state index contributed by atoms with van der Waals surface area (Å²) in [5, 5.41) is 3.28. The van der Waals surface area contributed by atoms with Gasteiger partial charge in [0.2, 0.25) is 0 Å². The molecule has 2 atom stereocenters. The second-order valence-corrected chi connectivity index (χ2v) is 7.19. The molecular weight excluding hydrogens is 294 g/mol. The van der Waals surface area contributed by atoms with Gasteiger partial charge in [0, 0.05) is 35.7 Å². The van der Waals surface area contributed by atoms with Crippen molar-refractivity contribution >= 4 is 23.4 Å². The van der Waals surface area contributed by atoms with E-state index in [1.165, 1.54) is 0 Å². The number of benzene rings is 1. The summed E-state index contributed by atoms with van der Waals surface area (Å²) in [5.74, 6) is -1.77. The summed E-state index contributed by atoms with van der Waals surface area (Å²) in [4.78, 5) is 14.1. The molecule has 2 unspecified atom stereocenters. The maximum absolute atomic E-state index is 13.9. The van der Waals surface area contributed by atoms with Crippen molar-refractivity contribution in [3.8, 4) is 0 Å². The highest BCUT2D eigenvalue weighted by atomic mass is 32.2. The zero-order valence-electron chi connectivity index (χ0n) is 12.5. The number of thioether (sulfide) groups is 1. The standard InChI is InChI=1S/C15H20F2N2OS/c1-4-18-14-12(16)5-11(6-13(14)17)15(20)19-7-9(2)21-10(3)8-19/h5-6,9-10,18H,4,7-8H2,1-3H3. The summed E-state index contributed by atoms with van der Waals surface area (Å²) in [6, 6.07) is 2.22. The first-order valence-electron chi connectivity index (χ1n) is 7.10. The van der Waals surface area contributed by atoms with Crippen LogP contribution in [0.2, 0.25) is 0 Å². The lowest BCUT2D eigenvalue weighted by atomic mass is 10.1. The van der Waals surface area contributed by atoms with Crippen LogP contribution in [0.5, 0.6) is 0 Å². The van der Waals surface area contributed by atoms with Gasteiger partial charge in [-0.05, 0) is 19.1 Å². The van der Waals surface area contributed by atoms with E-state index in [9.17, 15) is 13.6 Å². The van der Waals surface area contributed by atoms with Crippen LogP contribution in [-0.2, 0) is 0 Å². The zero-order valence-corrected chi connectivity index (χ0v) is 13.3. The fourth-order valence-corrected chi connectivity index (χ4v) is 3.89. The van der Waals surface area contributed by atoms with E-state index >= 15 is 0 Å². The number of rotatable bonds is 3. The van der Waals surface area contributed by atoms with Crippen molar-refractivity contribution in [2.24, 2.45) is 0 Å². The molecule has 1 aromatic carbocycles. The molecule has 0 spiro atoms. The highest BCUT2D eigenvalue weighted by molar-refractivity contribution is 8.00. The van der Waals surface area contributed by atoms with Crippen LogP contribution in [-0.4, -0.2) is 40.9 Å². The number of carbonyl (C=O) groups is 1. The molecular formula is C15H20F2N2OS. The average Bonchev–Trinajstić information content (AvgIpc) is 2.40. The summed E-state index contributed by atoms with van der Waals surface area (Å²) >= 11 is 1.82. The van der Waals surface area contributed by atoms with Gasteiger partial charge in [0.05, 0.1) is 0 Å². The minimum atomic E-state index is -0.729. The molecule has 21 heavy (non-hydrogen) atoms. The first-order chi connectivity index (χ1) is 9.92. The summed E-state index contributed by atoms with van der Waals surface area (Å²) in [5.41, 5.74) is -0.108. The van der Waals surface area contributed by atoms with Crippen LogP contribution in [0.1, 0.15) is 31.1 Å². The van der Waals surface area contributed by atoms with Crippen LogP contribution >= 0.6 is 11.8 Å². The highest BCUT2D eigenvalue weighted by Gasteiger charge is 2.27. The number of nitrogens with zero attached hydrogens (tertiary/aromatic N) is 1. The lowest BCUT2D eigenvalue weighted by Crippen LogP contribution is -2.44. The molecule has 0 bridgehead atoms. The zero-order chi connectivity index (χ0) is 15.6. The average molecular weight is 314 g/mol. The maximum atomic E-state index is 13.9. The Morgan fingerprint density at radius 3 is 2.29 bits per heavy atom. The third kappa shape index (κ3) is 3.67. The van der Waals surface area contributed by atoms with Crippen LogP contribution in [0.15, 0.2) is 12.1 Å². The van der Waals surface area contributed by atoms with Crippen molar-refractivity contribution < 1.29 is 13.6 Å². The van der Waals surface area contributed by atoms with Crippen LogP contribution in [0.25, 0.3) is 0 Å². The minimum Gasteiger partial charge on any atom is -0.381 e. The van der Waals surface area contributed by atoms with Gasteiger partial charge in [-0.15, -0.1) is 0 Å². The predicted molar refractivity (Wildman–Crippen MR) is 82.9 cm³/mol. The Morgan fingerprint density at radius 2 is 1.81 bits per heavy atom. The Morgan fingerprint density at radius 1 is 1.29 bits per heavy atom. The first kappa shape index (κ1) is 16.1. The Bertz CT molecular complexity index is 505. The molecule has 1 saturated heterocycles. The predicted octanol–water partition coefficient (Wildman–Crippen LogP) is 3.36. The molecule has 1 heterocycles. The molecule has 1 N–H and O–H groups in total. The number of anilines is 1. The molecule has 0 saturated carbocycles. The normalized spacial score (nSPS) is 22.2. The fourth-order valence-electron chi connectivity index (χ4n) is 2.57. The molecule has 1 aromatic rings.